The van der Waals surface area contributed by atoms with Crippen LogP contribution in [0.25, 0.3) is 0 Å². The van der Waals surface area contributed by atoms with E-state index < -0.39 is 0 Å². The molecule has 0 aliphatic heterocycles. The maximum atomic E-state index is 9.41. The third kappa shape index (κ3) is 19.7. The highest BCUT2D eigenvalue weighted by molar-refractivity contribution is 4.96. The van der Waals surface area contributed by atoms with Crippen molar-refractivity contribution in [1.29, 1.82) is 0 Å². The molecule has 0 heterocycles. The molecule has 0 saturated heterocycles. The molecule has 0 unspecified atom stereocenters. The third-order valence-electron chi connectivity index (χ3n) is 5.39. The number of allylic oxidation sites excluding steroid dienone is 1. The predicted octanol–water partition coefficient (Wildman–Crippen LogP) is 9.27. The second-order valence-electron chi connectivity index (χ2n) is 7.94. The van der Waals surface area contributed by atoms with E-state index in [-0.39, 0.29) is 0 Å². The number of aliphatic hydroxyl groups is 1. The van der Waals surface area contributed by atoms with Crippen LogP contribution in [0.5, 0.6) is 0 Å². The quantitative estimate of drug-likeness (QED) is 0.171. The summed E-state index contributed by atoms with van der Waals surface area (Å²) in [5.74, 6) is 0. The largest absolute Gasteiger partial charge is 0.516 e. The molecule has 0 aliphatic carbocycles. The molecule has 0 radical (unpaired) electrons. The molecule has 0 aromatic rings. The fourth-order valence-electron chi connectivity index (χ4n) is 3.58. The van der Waals surface area contributed by atoms with Gasteiger partial charge >= 0.3 is 0 Å². The predicted molar refractivity (Wildman–Crippen MR) is 114 cm³/mol. The summed E-state index contributed by atoms with van der Waals surface area (Å²) in [6.45, 7) is 4.56. The van der Waals surface area contributed by atoms with Crippen LogP contribution in [-0.4, -0.2) is 5.11 Å². The monoisotopic (exact) mass is 352 g/mol. The van der Waals surface area contributed by atoms with Crippen molar-refractivity contribution < 1.29 is 5.11 Å². The first-order valence-corrected chi connectivity index (χ1v) is 11.7. The Kier molecular flexibility index (Phi) is 21.2. The first-order valence-electron chi connectivity index (χ1n) is 11.7. The molecule has 0 aliphatic rings. The fourth-order valence-corrected chi connectivity index (χ4v) is 3.58. The lowest BCUT2D eigenvalue weighted by molar-refractivity contribution is 0.456. The molecule has 0 saturated carbocycles. The van der Waals surface area contributed by atoms with Gasteiger partial charge in [0.05, 0.1) is 6.26 Å². The first-order chi connectivity index (χ1) is 12.3. The lowest BCUT2D eigenvalue weighted by Crippen LogP contribution is -1.88. The van der Waals surface area contributed by atoms with E-state index in [4.69, 9.17) is 0 Å². The van der Waals surface area contributed by atoms with Gasteiger partial charge in [-0.2, -0.15) is 0 Å². The van der Waals surface area contributed by atoms with Crippen molar-refractivity contribution in [2.45, 2.75) is 142 Å². The summed E-state index contributed by atoms with van der Waals surface area (Å²) in [4.78, 5) is 0. The Morgan fingerprint density at radius 3 is 1.04 bits per heavy atom. The fraction of sp³-hybridized carbons (Fsp3) is 0.917. The first kappa shape index (κ1) is 24.5. The van der Waals surface area contributed by atoms with Gasteiger partial charge in [-0.25, -0.2) is 0 Å². The molecule has 0 rings (SSSR count). The molecule has 0 fully saturated rings. The zero-order chi connectivity index (χ0) is 18.4. The normalized spacial score (nSPS) is 12.0. The van der Waals surface area contributed by atoms with Crippen LogP contribution in [0.4, 0.5) is 0 Å². The average Bonchev–Trinajstić information content (AvgIpc) is 2.63. The maximum absolute atomic E-state index is 9.41. The van der Waals surface area contributed by atoms with Gasteiger partial charge in [-0.3, -0.25) is 0 Å². The summed E-state index contributed by atoms with van der Waals surface area (Å²) in [6.07, 6.45) is 28.4. The van der Waals surface area contributed by atoms with Crippen molar-refractivity contribution in [2.24, 2.45) is 0 Å². The highest BCUT2D eigenvalue weighted by atomic mass is 16.2. The lowest BCUT2D eigenvalue weighted by atomic mass is 10.00. The zero-order valence-electron chi connectivity index (χ0n) is 17.7. The molecule has 0 amide bonds. The summed E-state index contributed by atoms with van der Waals surface area (Å²) < 4.78 is 0. The second-order valence-corrected chi connectivity index (χ2v) is 7.94. The SMILES string of the molecule is CCCCCCCCCCCCC(=CO)CCCCCCCCCC. The van der Waals surface area contributed by atoms with Gasteiger partial charge in [-0.05, 0) is 31.3 Å². The minimum absolute atomic E-state index is 1.11. The van der Waals surface area contributed by atoms with E-state index in [0.717, 1.165) is 12.8 Å². The Bertz CT molecular complexity index is 269. The van der Waals surface area contributed by atoms with Gasteiger partial charge in [-0.1, -0.05) is 117 Å². The molecular formula is C24H48O. The summed E-state index contributed by atoms with van der Waals surface area (Å²) in [5, 5.41) is 9.41. The molecular weight excluding hydrogens is 304 g/mol. The van der Waals surface area contributed by atoms with E-state index in [1.807, 2.05) is 0 Å². The third-order valence-corrected chi connectivity index (χ3v) is 5.39. The zero-order valence-corrected chi connectivity index (χ0v) is 17.7. The molecule has 25 heavy (non-hydrogen) atoms. The number of hydrogen-bond acceptors (Lipinski definition) is 1. The van der Waals surface area contributed by atoms with Crippen molar-refractivity contribution in [3.63, 3.8) is 0 Å². The number of aliphatic hydroxyl groups excluding tert-OH is 1. The van der Waals surface area contributed by atoms with E-state index in [2.05, 4.69) is 13.8 Å². The highest BCUT2D eigenvalue weighted by Crippen LogP contribution is 2.18. The highest BCUT2D eigenvalue weighted by Gasteiger charge is 2.00. The maximum Gasteiger partial charge on any atom is 0.0783 e. The van der Waals surface area contributed by atoms with E-state index in [1.54, 1.807) is 0 Å². The van der Waals surface area contributed by atoms with Crippen molar-refractivity contribution in [3.8, 4) is 0 Å². The van der Waals surface area contributed by atoms with Gasteiger partial charge in [0, 0.05) is 0 Å². The standard InChI is InChI=1S/C24H48O/c1-3-5-7-9-11-13-14-16-18-20-22-24(23-25)21-19-17-15-12-10-8-6-4-2/h23,25H,3-22H2,1-2H3. The molecule has 150 valence electrons. The Hall–Kier alpha value is -0.460. The van der Waals surface area contributed by atoms with Crippen LogP contribution in [0.1, 0.15) is 142 Å². The molecule has 0 aromatic heterocycles. The Morgan fingerprint density at radius 1 is 0.480 bits per heavy atom. The van der Waals surface area contributed by atoms with Crippen LogP contribution < -0.4 is 0 Å². The van der Waals surface area contributed by atoms with Crippen LogP contribution in [0.2, 0.25) is 0 Å². The van der Waals surface area contributed by atoms with E-state index >= 15 is 0 Å². The molecule has 0 atom stereocenters. The Labute approximate surface area is 159 Å². The summed E-state index contributed by atoms with van der Waals surface area (Å²) >= 11 is 0. The molecule has 1 N–H and O–H groups in total. The number of unbranched alkanes of at least 4 members (excludes halogenated alkanes) is 16. The lowest BCUT2D eigenvalue weighted by Gasteiger charge is -2.07. The Morgan fingerprint density at radius 2 is 0.760 bits per heavy atom. The molecule has 0 aromatic carbocycles. The van der Waals surface area contributed by atoms with Gasteiger partial charge in [0.25, 0.3) is 0 Å². The summed E-state index contributed by atoms with van der Waals surface area (Å²) in [7, 11) is 0. The van der Waals surface area contributed by atoms with Crippen molar-refractivity contribution in [1.82, 2.24) is 0 Å². The minimum Gasteiger partial charge on any atom is -0.516 e. The topological polar surface area (TPSA) is 20.2 Å². The van der Waals surface area contributed by atoms with Crippen LogP contribution in [0.3, 0.4) is 0 Å². The van der Waals surface area contributed by atoms with Gasteiger partial charge in [0.1, 0.15) is 0 Å². The van der Waals surface area contributed by atoms with Crippen molar-refractivity contribution in [3.05, 3.63) is 11.8 Å². The molecule has 1 heteroatoms. The second kappa shape index (κ2) is 21.6. The van der Waals surface area contributed by atoms with Crippen LogP contribution in [-0.2, 0) is 0 Å². The number of hydrogen-bond donors (Lipinski definition) is 1. The molecule has 1 nitrogen and oxygen atoms in total. The number of rotatable bonds is 20. The summed E-state index contributed by atoms with van der Waals surface area (Å²) in [6, 6.07) is 0. The van der Waals surface area contributed by atoms with Gasteiger partial charge < -0.3 is 5.11 Å². The molecule has 0 bridgehead atoms. The van der Waals surface area contributed by atoms with Gasteiger partial charge in [0.15, 0.2) is 0 Å². The summed E-state index contributed by atoms with van der Waals surface area (Å²) in [5.41, 5.74) is 1.28. The van der Waals surface area contributed by atoms with Crippen molar-refractivity contribution in [2.75, 3.05) is 0 Å². The average molecular weight is 353 g/mol. The Balaban J connectivity index is 3.31. The molecule has 0 spiro atoms. The smallest absolute Gasteiger partial charge is 0.0783 e. The van der Waals surface area contributed by atoms with Crippen molar-refractivity contribution >= 4 is 0 Å². The van der Waals surface area contributed by atoms with E-state index in [9.17, 15) is 5.11 Å². The van der Waals surface area contributed by atoms with Gasteiger partial charge in [-0.15, -0.1) is 0 Å². The van der Waals surface area contributed by atoms with E-state index in [0.29, 0.717) is 0 Å². The van der Waals surface area contributed by atoms with E-state index in [1.165, 1.54) is 127 Å². The van der Waals surface area contributed by atoms with Crippen LogP contribution in [0.15, 0.2) is 11.8 Å². The van der Waals surface area contributed by atoms with Crippen LogP contribution >= 0.6 is 0 Å². The minimum atomic E-state index is 1.11. The van der Waals surface area contributed by atoms with Crippen LogP contribution in [0, 0.1) is 0 Å². The van der Waals surface area contributed by atoms with Gasteiger partial charge in [0.2, 0.25) is 0 Å².